The smallest absolute Gasteiger partial charge is 0.258 e. The third kappa shape index (κ3) is 3.42. The molecule has 0 aromatic heterocycles. The van der Waals surface area contributed by atoms with E-state index in [1.54, 1.807) is 0 Å². The van der Waals surface area contributed by atoms with Crippen LogP contribution in [0.3, 0.4) is 0 Å². The van der Waals surface area contributed by atoms with E-state index in [1.165, 1.54) is 0 Å². The van der Waals surface area contributed by atoms with Gasteiger partial charge in [-0.1, -0.05) is 0 Å². The summed E-state index contributed by atoms with van der Waals surface area (Å²) in [6.45, 7) is 0. The number of alkyl halides is 5. The average molecular weight is 473 g/mol. The van der Waals surface area contributed by atoms with Crippen LogP contribution in [0.2, 0.25) is 0 Å². The lowest BCUT2D eigenvalue weighted by Gasteiger charge is -2.22. The predicted octanol–water partition coefficient (Wildman–Crippen LogP) is 6.27. The largest absolute Gasteiger partial charge is 0.458 e. The maximum atomic E-state index is 14.2. The molecule has 168 valence electrons. The Labute approximate surface area is 160 Å². The van der Waals surface area contributed by atoms with Gasteiger partial charge >= 0.3 is 12.1 Å². The normalized spacial score (nSPS) is 12.2. The molecule has 31 heavy (non-hydrogen) atoms. The highest BCUT2D eigenvalue weighted by Gasteiger charge is 2.62. The zero-order valence-corrected chi connectivity index (χ0v) is 13.8. The Morgan fingerprint density at radius 2 is 0.806 bits per heavy atom. The fraction of sp³-hybridized carbons (Fsp3) is 0.125. The van der Waals surface area contributed by atoms with E-state index in [0.29, 0.717) is 0 Å². The molecule has 0 saturated carbocycles. The van der Waals surface area contributed by atoms with Crippen LogP contribution in [-0.4, -0.2) is 12.0 Å². The van der Waals surface area contributed by atoms with E-state index in [9.17, 15) is 61.5 Å². The van der Waals surface area contributed by atoms with Crippen molar-refractivity contribution in [3.63, 3.8) is 0 Å². The molecule has 2 rings (SSSR count). The number of hydrogen-bond donors (Lipinski definition) is 1. The summed E-state index contributed by atoms with van der Waals surface area (Å²) in [5, 5.41) is 6.77. The van der Waals surface area contributed by atoms with E-state index in [-0.39, 0.29) is 0 Å². The first kappa shape index (κ1) is 24.2. The van der Waals surface area contributed by atoms with E-state index < -0.39 is 86.7 Å². The van der Waals surface area contributed by atoms with Gasteiger partial charge < -0.3 is 0 Å². The molecular weight excluding hydrogens is 472 g/mol. The summed E-state index contributed by atoms with van der Waals surface area (Å²) in [4.78, 5) is 0. The van der Waals surface area contributed by atoms with Crippen LogP contribution >= 0.6 is 0 Å². The van der Waals surface area contributed by atoms with Gasteiger partial charge in [0.1, 0.15) is 5.56 Å². The van der Waals surface area contributed by atoms with Crippen LogP contribution in [0.4, 0.5) is 61.5 Å². The molecule has 0 saturated heterocycles. The van der Waals surface area contributed by atoms with E-state index >= 15 is 0 Å². The fourth-order valence-electron chi connectivity index (χ4n) is 2.34. The number of benzene rings is 2. The Kier molecular flexibility index (Phi) is 5.89. The molecule has 1 nitrogen and oxygen atoms in total. The van der Waals surface area contributed by atoms with Crippen molar-refractivity contribution < 1.29 is 61.5 Å². The number of nitrogens with one attached hydrogen (secondary N) is 1. The zero-order valence-electron chi connectivity index (χ0n) is 13.8. The van der Waals surface area contributed by atoms with Crippen molar-refractivity contribution >= 4 is 11.4 Å². The fourth-order valence-corrected chi connectivity index (χ4v) is 2.34. The molecule has 0 aliphatic heterocycles. The summed E-state index contributed by atoms with van der Waals surface area (Å²) in [5.41, 5.74) is -10.6. The maximum Gasteiger partial charge on any atom is 0.458 e. The quantitative estimate of drug-likeness (QED) is 0.235. The number of halogens is 14. The van der Waals surface area contributed by atoms with Crippen LogP contribution in [-0.2, 0) is 5.92 Å². The summed E-state index contributed by atoms with van der Waals surface area (Å²) < 4.78 is 187. The van der Waals surface area contributed by atoms with Gasteiger partial charge in [0.05, 0.1) is 16.7 Å². The first-order valence-electron chi connectivity index (χ1n) is 7.15. The standard InChI is InChI=1S/C16HF14N/c17-6-3(2(1-31)4-8(19)12(23)14(25)13(24)9(4)20)7(18)11(22)5(10(6)21)15(26,27)16(28,29)30/h31H. The van der Waals surface area contributed by atoms with Gasteiger partial charge in [-0.2, -0.15) is 22.0 Å². The lowest BCUT2D eigenvalue weighted by atomic mass is 9.93. The lowest BCUT2D eigenvalue weighted by molar-refractivity contribution is -0.291. The van der Waals surface area contributed by atoms with Gasteiger partial charge in [-0.15, -0.1) is 0 Å². The van der Waals surface area contributed by atoms with Crippen LogP contribution in [0.5, 0.6) is 0 Å². The molecule has 0 bridgehead atoms. The van der Waals surface area contributed by atoms with Gasteiger partial charge in [0.25, 0.3) is 0 Å². The molecule has 0 heterocycles. The van der Waals surface area contributed by atoms with Crippen molar-refractivity contribution in [2.45, 2.75) is 12.1 Å². The van der Waals surface area contributed by atoms with Crippen LogP contribution < -0.4 is 0 Å². The molecule has 2 aromatic rings. The highest BCUT2D eigenvalue weighted by atomic mass is 19.4. The minimum atomic E-state index is -6.77. The summed E-state index contributed by atoms with van der Waals surface area (Å²) in [6.07, 6.45) is -6.77. The van der Waals surface area contributed by atoms with E-state index in [4.69, 9.17) is 5.41 Å². The van der Waals surface area contributed by atoms with Crippen molar-refractivity contribution in [3.05, 3.63) is 69.0 Å². The highest BCUT2D eigenvalue weighted by molar-refractivity contribution is 5.98. The molecule has 0 aliphatic rings. The Hall–Kier alpha value is -3.09. The molecule has 1 N–H and O–H groups in total. The zero-order chi connectivity index (χ0) is 24.2. The summed E-state index contributed by atoms with van der Waals surface area (Å²) in [7, 11) is 0. The highest BCUT2D eigenvalue weighted by Crippen LogP contribution is 2.48. The second-order valence-electron chi connectivity index (χ2n) is 5.52. The molecule has 0 spiro atoms. The van der Waals surface area contributed by atoms with E-state index in [2.05, 4.69) is 0 Å². The van der Waals surface area contributed by atoms with Crippen LogP contribution in [0, 0.1) is 57.8 Å². The van der Waals surface area contributed by atoms with Gasteiger partial charge in [0.2, 0.25) is 5.82 Å². The molecule has 0 amide bonds. The van der Waals surface area contributed by atoms with E-state index in [1.807, 2.05) is 0 Å². The average Bonchev–Trinajstić information content (AvgIpc) is 2.67. The topological polar surface area (TPSA) is 23.9 Å². The van der Waals surface area contributed by atoms with Crippen molar-refractivity contribution in [1.82, 2.24) is 0 Å². The maximum absolute atomic E-state index is 14.2. The van der Waals surface area contributed by atoms with Crippen molar-refractivity contribution in [1.29, 1.82) is 5.41 Å². The van der Waals surface area contributed by atoms with Crippen molar-refractivity contribution in [2.75, 3.05) is 0 Å². The van der Waals surface area contributed by atoms with Gasteiger partial charge in [-0.3, -0.25) is 5.41 Å². The van der Waals surface area contributed by atoms with E-state index in [0.717, 1.165) is 5.87 Å². The third-order valence-electron chi connectivity index (χ3n) is 3.77. The molecular formula is C16HF14N. The van der Waals surface area contributed by atoms with Crippen molar-refractivity contribution in [2.24, 2.45) is 0 Å². The molecule has 0 fully saturated rings. The number of rotatable bonds is 3. The second kappa shape index (κ2) is 7.55. The van der Waals surface area contributed by atoms with Crippen LogP contribution in [0.25, 0.3) is 5.57 Å². The Bertz CT molecular complexity index is 1080. The molecule has 15 heteroatoms. The predicted molar refractivity (Wildman–Crippen MR) is 72.7 cm³/mol. The molecule has 0 atom stereocenters. The molecule has 0 radical (unpaired) electrons. The second-order valence-corrected chi connectivity index (χ2v) is 5.52. The summed E-state index contributed by atoms with van der Waals surface area (Å²) in [6, 6.07) is 0. The van der Waals surface area contributed by atoms with Gasteiger partial charge in [0.15, 0.2) is 46.5 Å². The van der Waals surface area contributed by atoms with Crippen LogP contribution in [0.1, 0.15) is 16.7 Å². The third-order valence-corrected chi connectivity index (χ3v) is 3.77. The van der Waals surface area contributed by atoms with Crippen molar-refractivity contribution in [3.8, 4) is 0 Å². The van der Waals surface area contributed by atoms with Gasteiger partial charge in [0, 0.05) is 0 Å². The Morgan fingerprint density at radius 3 is 1.10 bits per heavy atom. The Morgan fingerprint density at radius 1 is 0.516 bits per heavy atom. The van der Waals surface area contributed by atoms with Gasteiger partial charge in [-0.25, -0.2) is 39.5 Å². The summed E-state index contributed by atoms with van der Waals surface area (Å²) >= 11 is 0. The van der Waals surface area contributed by atoms with Gasteiger partial charge in [-0.05, 0) is 5.87 Å². The lowest BCUT2D eigenvalue weighted by Crippen LogP contribution is -2.36. The minimum Gasteiger partial charge on any atom is -0.258 e. The minimum absolute atomic E-state index is 0.723. The first-order valence-corrected chi connectivity index (χ1v) is 7.15. The molecule has 0 aliphatic carbocycles. The molecule has 0 unspecified atom stereocenters. The first-order chi connectivity index (χ1) is 14.0. The monoisotopic (exact) mass is 473 g/mol. The summed E-state index contributed by atoms with van der Waals surface area (Å²) in [5.74, 6) is -33.0. The Balaban J connectivity index is 3.00. The molecule has 2 aromatic carbocycles. The van der Waals surface area contributed by atoms with Crippen LogP contribution in [0.15, 0.2) is 0 Å². The SMILES string of the molecule is N=C=C(c1c(F)c(F)c(F)c(F)c1F)c1c(F)c(F)c(C(F)(F)C(F)(F)F)c(F)c1F. The number of hydrogen-bond acceptors (Lipinski definition) is 1.